The van der Waals surface area contributed by atoms with Crippen LogP contribution in [0, 0.1) is 11.8 Å². The topological polar surface area (TPSA) is 65.8 Å². The normalized spacial score (nSPS) is 23.8. The van der Waals surface area contributed by atoms with Crippen molar-refractivity contribution in [2.75, 3.05) is 44.2 Å². The van der Waals surface area contributed by atoms with E-state index in [0.717, 1.165) is 57.1 Å². The highest BCUT2D eigenvalue weighted by atomic mass is 16.1. The van der Waals surface area contributed by atoms with Crippen LogP contribution in [0.2, 0.25) is 0 Å². The highest BCUT2D eigenvalue weighted by molar-refractivity contribution is 5.80. The van der Waals surface area contributed by atoms with Gasteiger partial charge in [-0.25, -0.2) is 4.98 Å². The molecule has 2 aliphatic rings. The molecule has 0 radical (unpaired) electrons. The van der Waals surface area contributed by atoms with Gasteiger partial charge in [0.05, 0.1) is 0 Å². The van der Waals surface area contributed by atoms with Gasteiger partial charge in [-0.2, -0.15) is 0 Å². The Morgan fingerprint density at radius 1 is 1.25 bits per heavy atom. The van der Waals surface area contributed by atoms with Crippen molar-refractivity contribution >= 4 is 11.8 Å². The molecular weight excluding hydrogens is 352 g/mol. The average molecular weight is 389 g/mol. The first-order valence-electron chi connectivity index (χ1n) is 10.9. The lowest BCUT2D eigenvalue weighted by molar-refractivity contribution is 0.245. The predicted octanol–water partition coefficient (Wildman–Crippen LogP) is 2.08. The quantitative estimate of drug-likeness (QED) is 0.618. The summed E-state index contributed by atoms with van der Waals surface area (Å²) >= 11 is 0. The molecule has 2 fully saturated rings. The van der Waals surface area contributed by atoms with E-state index >= 15 is 0 Å². The SMILES string of the molecule is CCNC(=NCCC1CCCCC1C)N1CCN(c2nccn(C)c2=O)CC1. The fourth-order valence-electron chi connectivity index (χ4n) is 4.42. The molecule has 0 amide bonds. The van der Waals surface area contributed by atoms with Crippen molar-refractivity contribution in [3.05, 3.63) is 22.7 Å². The number of aliphatic imine (C=N–C) groups is 1. The van der Waals surface area contributed by atoms with E-state index in [9.17, 15) is 4.79 Å². The summed E-state index contributed by atoms with van der Waals surface area (Å²) in [4.78, 5) is 26.0. The van der Waals surface area contributed by atoms with Crippen LogP contribution in [0.4, 0.5) is 5.82 Å². The number of aryl methyl sites for hydroxylation is 1. The first-order valence-corrected chi connectivity index (χ1v) is 10.9. The number of rotatable bonds is 5. The second-order valence-corrected chi connectivity index (χ2v) is 8.19. The van der Waals surface area contributed by atoms with Crippen LogP contribution in [0.25, 0.3) is 0 Å². The Kier molecular flexibility index (Phi) is 7.34. The zero-order chi connectivity index (χ0) is 19.9. The molecule has 0 aromatic carbocycles. The Morgan fingerprint density at radius 3 is 2.71 bits per heavy atom. The molecule has 1 aromatic heterocycles. The van der Waals surface area contributed by atoms with E-state index in [1.165, 1.54) is 32.1 Å². The van der Waals surface area contributed by atoms with Crippen molar-refractivity contribution in [2.24, 2.45) is 23.9 Å². The van der Waals surface area contributed by atoms with Gasteiger partial charge in [0.2, 0.25) is 0 Å². The first kappa shape index (κ1) is 20.7. The second-order valence-electron chi connectivity index (χ2n) is 8.19. The summed E-state index contributed by atoms with van der Waals surface area (Å²) in [5.41, 5.74) is -0.0295. The summed E-state index contributed by atoms with van der Waals surface area (Å²) < 4.78 is 1.59. The summed E-state index contributed by atoms with van der Waals surface area (Å²) in [7, 11) is 1.77. The Labute approximate surface area is 168 Å². The van der Waals surface area contributed by atoms with Crippen molar-refractivity contribution in [3.63, 3.8) is 0 Å². The summed E-state index contributed by atoms with van der Waals surface area (Å²) in [6.45, 7) is 9.58. The van der Waals surface area contributed by atoms with Gasteiger partial charge in [-0.1, -0.05) is 32.6 Å². The van der Waals surface area contributed by atoms with E-state index in [2.05, 4.69) is 33.9 Å². The highest BCUT2D eigenvalue weighted by Crippen LogP contribution is 2.31. The molecule has 3 rings (SSSR count). The Bertz CT molecular complexity index is 707. The number of nitrogens with zero attached hydrogens (tertiary/aromatic N) is 5. The van der Waals surface area contributed by atoms with Crippen molar-refractivity contribution < 1.29 is 0 Å². The van der Waals surface area contributed by atoms with Gasteiger partial charge >= 0.3 is 0 Å². The fraction of sp³-hybridized carbons (Fsp3) is 0.762. The van der Waals surface area contributed by atoms with Crippen LogP contribution in [0.3, 0.4) is 0 Å². The molecule has 156 valence electrons. The average Bonchev–Trinajstić information content (AvgIpc) is 2.71. The lowest BCUT2D eigenvalue weighted by atomic mass is 9.79. The third-order valence-corrected chi connectivity index (χ3v) is 6.26. The molecule has 28 heavy (non-hydrogen) atoms. The summed E-state index contributed by atoms with van der Waals surface area (Å²) in [6, 6.07) is 0. The molecule has 1 aliphatic carbocycles. The maximum Gasteiger partial charge on any atom is 0.293 e. The van der Waals surface area contributed by atoms with Gasteiger partial charge in [0.25, 0.3) is 5.56 Å². The minimum atomic E-state index is -0.0295. The lowest BCUT2D eigenvalue weighted by Crippen LogP contribution is -2.53. The number of anilines is 1. The van der Waals surface area contributed by atoms with Crippen LogP contribution >= 0.6 is 0 Å². The van der Waals surface area contributed by atoms with Gasteiger partial charge in [-0.05, 0) is 25.2 Å². The molecule has 1 saturated heterocycles. The van der Waals surface area contributed by atoms with E-state index in [0.29, 0.717) is 5.82 Å². The third kappa shape index (κ3) is 5.06. The van der Waals surface area contributed by atoms with Crippen LogP contribution in [-0.2, 0) is 7.05 Å². The molecule has 0 spiro atoms. The van der Waals surface area contributed by atoms with E-state index < -0.39 is 0 Å². The largest absolute Gasteiger partial charge is 0.357 e. The molecular formula is C21H36N6O. The van der Waals surface area contributed by atoms with Crippen LogP contribution < -0.4 is 15.8 Å². The second kappa shape index (κ2) is 9.94. The maximum absolute atomic E-state index is 12.3. The Balaban J connectivity index is 1.56. The van der Waals surface area contributed by atoms with Crippen molar-refractivity contribution in [1.82, 2.24) is 19.8 Å². The van der Waals surface area contributed by atoms with Crippen molar-refractivity contribution in [2.45, 2.75) is 46.0 Å². The molecule has 7 heteroatoms. The van der Waals surface area contributed by atoms with Crippen LogP contribution in [0.1, 0.15) is 46.0 Å². The molecule has 1 N–H and O–H groups in total. The van der Waals surface area contributed by atoms with Gasteiger partial charge in [0.15, 0.2) is 11.8 Å². The van der Waals surface area contributed by atoms with E-state index in [4.69, 9.17) is 4.99 Å². The summed E-state index contributed by atoms with van der Waals surface area (Å²) in [5.74, 6) is 3.24. The van der Waals surface area contributed by atoms with Gasteiger partial charge in [0.1, 0.15) is 0 Å². The Morgan fingerprint density at radius 2 is 2.00 bits per heavy atom. The van der Waals surface area contributed by atoms with E-state index in [1.54, 1.807) is 24.0 Å². The van der Waals surface area contributed by atoms with Crippen molar-refractivity contribution in [1.29, 1.82) is 0 Å². The minimum absolute atomic E-state index is 0.0295. The highest BCUT2D eigenvalue weighted by Gasteiger charge is 2.23. The van der Waals surface area contributed by atoms with Crippen LogP contribution in [-0.4, -0.2) is 59.7 Å². The first-order chi connectivity index (χ1) is 13.6. The van der Waals surface area contributed by atoms with Gasteiger partial charge in [-0.3, -0.25) is 9.79 Å². The van der Waals surface area contributed by atoms with Gasteiger partial charge in [0, 0.05) is 58.7 Å². The number of aromatic nitrogens is 2. The Hall–Kier alpha value is -2.05. The predicted molar refractivity (Wildman–Crippen MR) is 115 cm³/mol. The number of guanidine groups is 1. The summed E-state index contributed by atoms with van der Waals surface area (Å²) in [6.07, 6.45) is 10.1. The molecule has 7 nitrogen and oxygen atoms in total. The van der Waals surface area contributed by atoms with Crippen molar-refractivity contribution in [3.8, 4) is 0 Å². The minimum Gasteiger partial charge on any atom is -0.357 e. The van der Waals surface area contributed by atoms with E-state index in [1.807, 2.05) is 0 Å². The van der Waals surface area contributed by atoms with Gasteiger partial charge in [-0.15, -0.1) is 0 Å². The number of hydrogen-bond acceptors (Lipinski definition) is 4. The third-order valence-electron chi connectivity index (χ3n) is 6.26. The molecule has 2 atom stereocenters. The smallest absolute Gasteiger partial charge is 0.293 e. The molecule has 1 aromatic rings. The molecule has 2 heterocycles. The fourth-order valence-corrected chi connectivity index (χ4v) is 4.42. The standard InChI is InChI=1S/C21H36N6O/c1-4-22-21(24-10-9-18-8-6-5-7-17(18)2)27-15-13-26(14-16-27)19-20(28)25(3)12-11-23-19/h11-12,17-18H,4-10,13-16H2,1-3H3,(H,22,24). The van der Waals surface area contributed by atoms with E-state index in [-0.39, 0.29) is 5.56 Å². The molecule has 1 aliphatic heterocycles. The monoisotopic (exact) mass is 388 g/mol. The van der Waals surface area contributed by atoms with Gasteiger partial charge < -0.3 is 19.7 Å². The zero-order valence-corrected chi connectivity index (χ0v) is 17.7. The number of hydrogen-bond donors (Lipinski definition) is 1. The van der Waals surface area contributed by atoms with Crippen LogP contribution in [0.15, 0.2) is 22.2 Å². The summed E-state index contributed by atoms with van der Waals surface area (Å²) in [5, 5.41) is 3.45. The molecule has 0 bridgehead atoms. The number of nitrogens with one attached hydrogen (secondary N) is 1. The number of piperazine rings is 1. The molecule has 1 saturated carbocycles. The zero-order valence-electron chi connectivity index (χ0n) is 17.7. The van der Waals surface area contributed by atoms with Crippen LogP contribution in [0.5, 0.6) is 0 Å². The maximum atomic E-state index is 12.3. The lowest BCUT2D eigenvalue weighted by Gasteiger charge is -2.37. The molecule has 2 unspecified atom stereocenters.